The van der Waals surface area contributed by atoms with E-state index >= 15 is 0 Å². The number of phenolic OH excluding ortho intramolecular Hbond substituents is 5. The van der Waals surface area contributed by atoms with Gasteiger partial charge in [-0.3, -0.25) is 19.2 Å². The Bertz CT molecular complexity index is 1810. The maximum absolute atomic E-state index is 11.5. The quantitative estimate of drug-likeness (QED) is 0.0795. The first-order valence-corrected chi connectivity index (χ1v) is 15.3. The van der Waals surface area contributed by atoms with Crippen molar-refractivity contribution in [1.82, 2.24) is 0 Å². The molecule has 264 valence electrons. The fourth-order valence-corrected chi connectivity index (χ4v) is 4.86. The van der Waals surface area contributed by atoms with Crippen LogP contribution in [0.2, 0.25) is 0 Å². The molecular formula is C37H38O13. The molecule has 0 heterocycles. The van der Waals surface area contributed by atoms with Gasteiger partial charge in [-0.2, -0.15) is 0 Å². The Labute approximate surface area is 287 Å². The maximum Gasteiger partial charge on any atom is 0.308 e. The van der Waals surface area contributed by atoms with E-state index in [1.807, 2.05) is 13.0 Å². The van der Waals surface area contributed by atoms with Crippen LogP contribution in [0.1, 0.15) is 55.5 Å². The fourth-order valence-electron chi connectivity index (χ4n) is 4.86. The highest BCUT2D eigenvalue weighted by Crippen LogP contribution is 2.40. The van der Waals surface area contributed by atoms with Gasteiger partial charge in [0, 0.05) is 33.8 Å². The Kier molecular flexibility index (Phi) is 13.2. The van der Waals surface area contributed by atoms with Gasteiger partial charge in [0.05, 0.1) is 0 Å². The van der Waals surface area contributed by atoms with Crippen LogP contribution in [-0.2, 0) is 44.9 Å². The van der Waals surface area contributed by atoms with Crippen LogP contribution in [-0.4, -0.2) is 49.4 Å². The number of rotatable bonds is 10. The molecule has 4 aromatic rings. The number of ether oxygens (including phenoxy) is 4. The Morgan fingerprint density at radius 3 is 1.32 bits per heavy atom. The molecule has 0 amide bonds. The number of hydrogen-bond acceptors (Lipinski definition) is 13. The van der Waals surface area contributed by atoms with Crippen LogP contribution >= 0.6 is 0 Å². The highest BCUT2D eigenvalue weighted by atomic mass is 16.6. The van der Waals surface area contributed by atoms with Crippen LogP contribution in [0.15, 0.2) is 60.7 Å². The standard InChI is InChI=1S/C23H24O8.C14H14O5/c1-13-8-18(10-20(9-13)28-14(2)24)6-7-19-11-21(29-15(3)25)23(31-17(5)27)22(12-19)30-16(4)26;15-10-3-8(4-11(16)7-10)1-2-9-5-12(17)14(19)13(18)6-9/h8-12H,6-7H2,1-5H3;3-7,15-19H,1-2H2. The summed E-state index contributed by atoms with van der Waals surface area (Å²) in [5, 5.41) is 46.7. The number of carbonyl (C=O) groups is 4. The van der Waals surface area contributed by atoms with Crippen molar-refractivity contribution in [3.63, 3.8) is 0 Å². The van der Waals surface area contributed by atoms with Crippen LogP contribution in [0.3, 0.4) is 0 Å². The minimum Gasteiger partial charge on any atom is -0.508 e. The summed E-state index contributed by atoms with van der Waals surface area (Å²) in [6.07, 6.45) is 2.02. The Balaban J connectivity index is 0.000000303. The van der Waals surface area contributed by atoms with Crippen molar-refractivity contribution < 1.29 is 63.7 Å². The van der Waals surface area contributed by atoms with E-state index in [1.54, 1.807) is 24.3 Å². The monoisotopic (exact) mass is 690 g/mol. The molecule has 0 aliphatic carbocycles. The van der Waals surface area contributed by atoms with Crippen molar-refractivity contribution >= 4 is 23.9 Å². The van der Waals surface area contributed by atoms with Gasteiger partial charge < -0.3 is 44.5 Å². The molecule has 0 bridgehead atoms. The molecule has 4 rings (SSSR count). The maximum atomic E-state index is 11.5. The van der Waals surface area contributed by atoms with Crippen LogP contribution < -0.4 is 18.9 Å². The second-order valence-corrected chi connectivity index (χ2v) is 11.3. The van der Waals surface area contributed by atoms with E-state index in [4.69, 9.17) is 18.9 Å². The average Bonchev–Trinajstić information content (AvgIpc) is 2.98. The molecule has 0 aliphatic heterocycles. The lowest BCUT2D eigenvalue weighted by Crippen LogP contribution is -2.11. The van der Waals surface area contributed by atoms with E-state index in [9.17, 15) is 44.7 Å². The Morgan fingerprint density at radius 1 is 0.480 bits per heavy atom. The molecule has 0 aromatic heterocycles. The molecule has 0 radical (unpaired) electrons. The second kappa shape index (κ2) is 17.2. The fraction of sp³-hybridized carbons (Fsp3) is 0.243. The molecule has 13 heteroatoms. The summed E-state index contributed by atoms with van der Waals surface area (Å²) >= 11 is 0. The normalized spacial score (nSPS) is 10.3. The summed E-state index contributed by atoms with van der Waals surface area (Å²) in [6.45, 7) is 6.82. The van der Waals surface area contributed by atoms with E-state index < -0.39 is 29.6 Å². The van der Waals surface area contributed by atoms with Crippen molar-refractivity contribution in [2.45, 2.75) is 60.3 Å². The molecule has 0 saturated heterocycles. The second-order valence-electron chi connectivity index (χ2n) is 11.3. The van der Waals surface area contributed by atoms with Gasteiger partial charge in [-0.25, -0.2) is 0 Å². The van der Waals surface area contributed by atoms with E-state index in [2.05, 4.69) is 0 Å². The van der Waals surface area contributed by atoms with Gasteiger partial charge in [0.25, 0.3) is 0 Å². The van der Waals surface area contributed by atoms with Gasteiger partial charge in [0.1, 0.15) is 17.2 Å². The van der Waals surface area contributed by atoms with Gasteiger partial charge in [-0.15, -0.1) is 0 Å². The average molecular weight is 691 g/mol. The summed E-state index contributed by atoms with van der Waals surface area (Å²) in [6, 6.07) is 15.6. The van der Waals surface area contributed by atoms with E-state index in [1.165, 1.54) is 58.0 Å². The minimum absolute atomic E-state index is 0.0219. The number of hydrogen-bond donors (Lipinski definition) is 5. The number of aromatic hydroxyl groups is 5. The summed E-state index contributed by atoms with van der Waals surface area (Å²) in [4.78, 5) is 45.8. The zero-order valence-electron chi connectivity index (χ0n) is 28.1. The topological polar surface area (TPSA) is 206 Å². The third-order valence-corrected chi connectivity index (χ3v) is 6.70. The highest BCUT2D eigenvalue weighted by Gasteiger charge is 2.20. The van der Waals surface area contributed by atoms with Gasteiger partial charge in [0.15, 0.2) is 28.7 Å². The van der Waals surface area contributed by atoms with E-state index in [-0.39, 0.29) is 40.2 Å². The molecule has 0 unspecified atom stereocenters. The molecule has 50 heavy (non-hydrogen) atoms. The van der Waals surface area contributed by atoms with Crippen molar-refractivity contribution in [2.75, 3.05) is 0 Å². The molecule has 0 atom stereocenters. The molecule has 5 N–H and O–H groups in total. The van der Waals surface area contributed by atoms with Gasteiger partial charge in [-0.05, 0) is 109 Å². The lowest BCUT2D eigenvalue weighted by Gasteiger charge is -2.15. The summed E-state index contributed by atoms with van der Waals surface area (Å²) in [7, 11) is 0. The first-order chi connectivity index (χ1) is 23.5. The number of esters is 4. The SMILES string of the molecule is CC(=O)Oc1cc(C)cc(CCc2cc(OC(C)=O)c(OC(C)=O)c(OC(C)=O)c2)c1.Oc1cc(O)cc(CCc2cc(O)c(O)c(O)c2)c1. The minimum atomic E-state index is -0.660. The summed E-state index contributed by atoms with van der Waals surface area (Å²) < 4.78 is 20.6. The lowest BCUT2D eigenvalue weighted by molar-refractivity contribution is -0.135. The number of carbonyl (C=O) groups excluding carboxylic acids is 4. The van der Waals surface area contributed by atoms with Crippen LogP contribution in [0, 0.1) is 6.92 Å². The highest BCUT2D eigenvalue weighted by molar-refractivity contribution is 5.78. The summed E-state index contributed by atoms with van der Waals surface area (Å²) in [5.74, 6) is -3.40. The van der Waals surface area contributed by atoms with Gasteiger partial charge in [-0.1, -0.05) is 6.07 Å². The molecule has 0 aliphatic rings. The van der Waals surface area contributed by atoms with Gasteiger partial charge >= 0.3 is 23.9 Å². The molecule has 13 nitrogen and oxygen atoms in total. The largest absolute Gasteiger partial charge is 0.508 e. The number of phenols is 5. The van der Waals surface area contributed by atoms with Crippen LogP contribution in [0.25, 0.3) is 0 Å². The zero-order chi connectivity index (χ0) is 37.1. The van der Waals surface area contributed by atoms with E-state index in [0.717, 1.165) is 16.7 Å². The predicted octanol–water partition coefficient (Wildman–Crippen LogP) is 5.48. The van der Waals surface area contributed by atoms with Crippen molar-refractivity contribution in [2.24, 2.45) is 0 Å². The first kappa shape index (κ1) is 38.2. The molecular weight excluding hydrogens is 652 g/mol. The third kappa shape index (κ3) is 12.1. The van der Waals surface area contributed by atoms with Crippen molar-refractivity contribution in [3.8, 4) is 51.7 Å². The van der Waals surface area contributed by atoms with Crippen molar-refractivity contribution in [1.29, 1.82) is 0 Å². The molecule has 0 saturated carbocycles. The summed E-state index contributed by atoms with van der Waals surface area (Å²) in [5.41, 5.74) is 3.89. The van der Waals surface area contributed by atoms with Crippen molar-refractivity contribution in [3.05, 3.63) is 88.5 Å². The third-order valence-electron chi connectivity index (χ3n) is 6.70. The van der Waals surface area contributed by atoms with Crippen LogP contribution in [0.5, 0.6) is 51.7 Å². The predicted molar refractivity (Wildman–Crippen MR) is 179 cm³/mol. The van der Waals surface area contributed by atoms with E-state index in [0.29, 0.717) is 42.6 Å². The molecule has 0 spiro atoms. The zero-order valence-corrected chi connectivity index (χ0v) is 28.1. The first-order valence-electron chi connectivity index (χ1n) is 15.3. The molecule has 4 aromatic carbocycles. The van der Waals surface area contributed by atoms with Gasteiger partial charge in [0.2, 0.25) is 5.75 Å². The lowest BCUT2D eigenvalue weighted by atomic mass is 10.0. The number of aryl methyl sites for hydroxylation is 5. The smallest absolute Gasteiger partial charge is 0.308 e. The number of benzene rings is 4. The molecule has 0 fully saturated rings. The Morgan fingerprint density at radius 2 is 0.880 bits per heavy atom. The Hall–Kier alpha value is -6.24. The van der Waals surface area contributed by atoms with Crippen LogP contribution in [0.4, 0.5) is 0 Å².